The number of fused-ring (bicyclic) bond motifs is 1. The number of carbonyl (C=O) groups excluding carboxylic acids is 1. The molecular weight excluding hydrogens is 325 g/mol. The highest BCUT2D eigenvalue weighted by Crippen LogP contribution is 2.20. The van der Waals surface area contributed by atoms with Crippen molar-refractivity contribution in [3.8, 4) is 0 Å². The summed E-state index contributed by atoms with van der Waals surface area (Å²) < 4.78 is 19.6. The second-order valence-corrected chi connectivity index (χ2v) is 5.95. The van der Waals surface area contributed by atoms with Crippen LogP contribution in [0.1, 0.15) is 25.5 Å². The van der Waals surface area contributed by atoms with Crippen LogP contribution in [0.3, 0.4) is 0 Å². The Kier molecular flexibility index (Phi) is 4.56. The van der Waals surface area contributed by atoms with Gasteiger partial charge in [-0.3, -0.25) is 4.57 Å². The van der Waals surface area contributed by atoms with Gasteiger partial charge in [0.25, 0.3) is 0 Å². The van der Waals surface area contributed by atoms with E-state index in [1.807, 2.05) is 13.8 Å². The quantitative estimate of drug-likeness (QED) is 0.759. The van der Waals surface area contributed by atoms with Gasteiger partial charge in [-0.25, -0.2) is 14.0 Å². The molecular formula is C18H18FN3O3. The molecule has 0 aliphatic heterocycles. The fourth-order valence-corrected chi connectivity index (χ4v) is 2.56. The number of rotatable bonds is 4. The second-order valence-electron chi connectivity index (χ2n) is 5.95. The largest absolute Gasteiger partial charge is 0.420 e. The van der Waals surface area contributed by atoms with Crippen molar-refractivity contribution in [3.05, 3.63) is 64.4 Å². The molecule has 2 amide bonds. The third-order valence-corrected chi connectivity index (χ3v) is 3.75. The van der Waals surface area contributed by atoms with Crippen LogP contribution in [0, 0.1) is 5.82 Å². The van der Waals surface area contributed by atoms with E-state index >= 15 is 0 Å². The molecule has 0 spiro atoms. The molecule has 0 fully saturated rings. The van der Waals surface area contributed by atoms with Crippen molar-refractivity contribution in [3.63, 3.8) is 0 Å². The van der Waals surface area contributed by atoms with Gasteiger partial charge in [-0.15, -0.1) is 0 Å². The van der Waals surface area contributed by atoms with Crippen molar-refractivity contribution < 1.29 is 13.6 Å². The van der Waals surface area contributed by atoms with Gasteiger partial charge in [-0.05, 0) is 43.7 Å². The number of amides is 2. The molecule has 1 heterocycles. The molecule has 2 aromatic carbocycles. The zero-order valence-electron chi connectivity index (χ0n) is 13.9. The van der Waals surface area contributed by atoms with Gasteiger partial charge in [0.2, 0.25) is 0 Å². The minimum Gasteiger partial charge on any atom is -0.408 e. The highest BCUT2D eigenvalue weighted by Gasteiger charge is 2.13. The average molecular weight is 343 g/mol. The normalized spacial score (nSPS) is 11.0. The number of nitrogens with one attached hydrogen (secondary N) is 2. The molecule has 0 unspecified atom stereocenters. The van der Waals surface area contributed by atoms with E-state index in [0.29, 0.717) is 16.8 Å². The van der Waals surface area contributed by atoms with Crippen molar-refractivity contribution >= 4 is 22.8 Å². The van der Waals surface area contributed by atoms with Crippen molar-refractivity contribution in [2.75, 3.05) is 5.32 Å². The van der Waals surface area contributed by atoms with Crippen LogP contribution in [0.5, 0.6) is 0 Å². The van der Waals surface area contributed by atoms with E-state index in [9.17, 15) is 14.0 Å². The maximum absolute atomic E-state index is 12.8. The molecule has 3 aromatic rings. The Morgan fingerprint density at radius 2 is 1.92 bits per heavy atom. The second kappa shape index (κ2) is 6.80. The summed E-state index contributed by atoms with van der Waals surface area (Å²) in [6.07, 6.45) is 0. The number of hydrogen-bond donors (Lipinski definition) is 2. The SMILES string of the molecule is CC(C)n1c(=O)oc2cc(NC(=O)NCc3ccc(F)cc3)ccc21. The lowest BCUT2D eigenvalue weighted by Crippen LogP contribution is -2.28. The molecule has 6 nitrogen and oxygen atoms in total. The van der Waals surface area contributed by atoms with Gasteiger partial charge in [0, 0.05) is 24.3 Å². The van der Waals surface area contributed by atoms with Gasteiger partial charge in [0.15, 0.2) is 5.58 Å². The third-order valence-electron chi connectivity index (χ3n) is 3.75. The molecule has 0 aliphatic carbocycles. The number of oxazole rings is 1. The Labute approximate surface area is 143 Å². The van der Waals surface area contributed by atoms with E-state index < -0.39 is 11.8 Å². The Bertz CT molecular complexity index is 958. The molecule has 0 saturated heterocycles. The Morgan fingerprint density at radius 3 is 2.60 bits per heavy atom. The van der Waals surface area contributed by atoms with E-state index in [4.69, 9.17) is 4.42 Å². The summed E-state index contributed by atoms with van der Waals surface area (Å²) in [7, 11) is 0. The number of benzene rings is 2. The molecule has 2 N–H and O–H groups in total. The highest BCUT2D eigenvalue weighted by atomic mass is 19.1. The molecule has 130 valence electrons. The Hall–Kier alpha value is -3.09. The molecule has 1 aromatic heterocycles. The summed E-state index contributed by atoms with van der Waals surface area (Å²) in [6, 6.07) is 10.5. The molecule has 0 radical (unpaired) electrons. The minimum atomic E-state index is -0.428. The van der Waals surface area contributed by atoms with E-state index in [2.05, 4.69) is 10.6 Å². The Balaban J connectivity index is 1.69. The monoisotopic (exact) mass is 343 g/mol. The van der Waals surface area contributed by atoms with Crippen LogP contribution in [0.15, 0.2) is 51.7 Å². The van der Waals surface area contributed by atoms with E-state index in [1.54, 1.807) is 34.9 Å². The lowest BCUT2D eigenvalue weighted by molar-refractivity contribution is 0.251. The fraction of sp³-hybridized carbons (Fsp3) is 0.222. The van der Waals surface area contributed by atoms with Crippen molar-refractivity contribution in [2.24, 2.45) is 0 Å². The van der Waals surface area contributed by atoms with Crippen molar-refractivity contribution in [1.82, 2.24) is 9.88 Å². The standard InChI is InChI=1S/C18H18FN3O3/c1-11(2)22-15-8-7-14(9-16(15)25-18(22)24)21-17(23)20-10-12-3-5-13(19)6-4-12/h3-9,11H,10H2,1-2H3,(H2,20,21,23). The molecule has 3 rings (SSSR count). The molecule has 0 saturated carbocycles. The summed E-state index contributed by atoms with van der Waals surface area (Å²) in [5, 5.41) is 5.36. The number of anilines is 1. The van der Waals surface area contributed by atoms with Crippen LogP contribution < -0.4 is 16.4 Å². The minimum absolute atomic E-state index is 0.0217. The summed E-state index contributed by atoms with van der Waals surface area (Å²) in [5.74, 6) is -0.751. The van der Waals surface area contributed by atoms with Crippen molar-refractivity contribution in [2.45, 2.75) is 26.4 Å². The molecule has 0 atom stereocenters. The third kappa shape index (κ3) is 3.71. The predicted octanol–water partition coefficient (Wildman–Crippen LogP) is 3.64. The average Bonchev–Trinajstić information content (AvgIpc) is 2.89. The zero-order chi connectivity index (χ0) is 18.0. The van der Waals surface area contributed by atoms with Crippen LogP contribution in [0.25, 0.3) is 11.1 Å². The van der Waals surface area contributed by atoms with E-state index in [-0.39, 0.29) is 18.4 Å². The van der Waals surface area contributed by atoms with Crippen LogP contribution in [0.2, 0.25) is 0 Å². The lowest BCUT2D eigenvalue weighted by atomic mass is 10.2. The van der Waals surface area contributed by atoms with Crippen LogP contribution in [-0.4, -0.2) is 10.6 Å². The maximum atomic E-state index is 12.8. The maximum Gasteiger partial charge on any atom is 0.420 e. The predicted molar refractivity (Wildman–Crippen MR) is 93.1 cm³/mol. The van der Waals surface area contributed by atoms with Gasteiger partial charge in [0.1, 0.15) is 5.82 Å². The smallest absolute Gasteiger partial charge is 0.408 e. The highest BCUT2D eigenvalue weighted by molar-refractivity contribution is 5.91. The van der Waals surface area contributed by atoms with Crippen molar-refractivity contribution in [1.29, 1.82) is 0 Å². The van der Waals surface area contributed by atoms with Gasteiger partial charge in [-0.1, -0.05) is 12.1 Å². The first kappa shape index (κ1) is 16.8. The van der Waals surface area contributed by atoms with Crippen LogP contribution in [-0.2, 0) is 6.54 Å². The number of hydrogen-bond acceptors (Lipinski definition) is 3. The van der Waals surface area contributed by atoms with Gasteiger partial charge >= 0.3 is 11.8 Å². The molecule has 25 heavy (non-hydrogen) atoms. The first-order valence-corrected chi connectivity index (χ1v) is 7.88. The zero-order valence-corrected chi connectivity index (χ0v) is 13.9. The number of halogens is 1. The topological polar surface area (TPSA) is 76.3 Å². The Morgan fingerprint density at radius 1 is 1.20 bits per heavy atom. The fourth-order valence-electron chi connectivity index (χ4n) is 2.56. The van der Waals surface area contributed by atoms with Gasteiger partial charge in [0.05, 0.1) is 5.52 Å². The number of aromatic nitrogens is 1. The molecule has 7 heteroatoms. The van der Waals surface area contributed by atoms with E-state index in [0.717, 1.165) is 5.56 Å². The first-order valence-electron chi connectivity index (χ1n) is 7.88. The summed E-state index contributed by atoms with van der Waals surface area (Å²) in [4.78, 5) is 23.8. The van der Waals surface area contributed by atoms with Crippen LogP contribution >= 0.6 is 0 Å². The molecule has 0 aliphatic rings. The van der Waals surface area contributed by atoms with E-state index in [1.165, 1.54) is 12.1 Å². The summed E-state index contributed by atoms with van der Waals surface area (Å²) in [5.41, 5.74) is 2.38. The number of carbonyl (C=O) groups is 1. The van der Waals surface area contributed by atoms with Gasteiger partial charge < -0.3 is 15.1 Å². The number of urea groups is 1. The lowest BCUT2D eigenvalue weighted by Gasteiger charge is -2.08. The molecule has 0 bridgehead atoms. The summed E-state index contributed by atoms with van der Waals surface area (Å²) >= 11 is 0. The van der Waals surface area contributed by atoms with Crippen LogP contribution in [0.4, 0.5) is 14.9 Å². The number of nitrogens with zero attached hydrogens (tertiary/aromatic N) is 1. The summed E-state index contributed by atoms with van der Waals surface area (Å²) in [6.45, 7) is 4.06. The first-order chi connectivity index (χ1) is 11.9. The van der Waals surface area contributed by atoms with Gasteiger partial charge in [-0.2, -0.15) is 0 Å².